The number of amides is 1. The molecule has 1 aliphatic heterocycles. The third kappa shape index (κ3) is 6.20. The van der Waals surface area contributed by atoms with Gasteiger partial charge in [-0.05, 0) is 75.9 Å². The molecule has 0 atom stereocenters. The van der Waals surface area contributed by atoms with E-state index in [9.17, 15) is 14.5 Å². The number of likely N-dealkylation sites (tertiary alicyclic amines) is 1. The van der Waals surface area contributed by atoms with Gasteiger partial charge in [-0.1, -0.05) is 0 Å². The SMILES string of the molecule is Cc1cc(OC(=O)OC(C)(C)C)c(/C=C/C(=O)N2CCCCC2)cc1N=O. The van der Waals surface area contributed by atoms with Crippen molar-refractivity contribution in [2.24, 2.45) is 5.18 Å². The standard InChI is InChI=1S/C20H26N2O5/c1-14-12-17(26-19(24)27-20(2,3)4)15(13-16(14)21-25)8-9-18(23)22-10-6-5-7-11-22/h8-9,12-13H,5-7,10-11H2,1-4H3/b9-8+. The minimum atomic E-state index is -0.856. The molecule has 1 aromatic carbocycles. The van der Waals surface area contributed by atoms with E-state index < -0.39 is 11.8 Å². The van der Waals surface area contributed by atoms with Crippen LogP contribution in [0.2, 0.25) is 0 Å². The van der Waals surface area contributed by atoms with Gasteiger partial charge in [0.05, 0.1) is 0 Å². The van der Waals surface area contributed by atoms with Gasteiger partial charge in [-0.3, -0.25) is 4.79 Å². The summed E-state index contributed by atoms with van der Waals surface area (Å²) in [6.45, 7) is 8.36. The average molecular weight is 374 g/mol. The van der Waals surface area contributed by atoms with Gasteiger partial charge in [0.25, 0.3) is 0 Å². The van der Waals surface area contributed by atoms with Crippen molar-refractivity contribution in [2.45, 2.75) is 52.6 Å². The predicted octanol–water partition coefficient (Wildman–Crippen LogP) is 4.73. The summed E-state index contributed by atoms with van der Waals surface area (Å²) in [4.78, 5) is 37.1. The minimum Gasteiger partial charge on any atom is -0.428 e. The normalized spacial score (nSPS) is 14.9. The first-order valence-corrected chi connectivity index (χ1v) is 9.05. The molecule has 1 saturated heterocycles. The molecular formula is C20H26N2O5. The first-order valence-electron chi connectivity index (χ1n) is 9.05. The molecule has 7 nitrogen and oxygen atoms in total. The zero-order valence-corrected chi connectivity index (χ0v) is 16.3. The molecule has 0 saturated carbocycles. The number of carbonyl (C=O) groups excluding carboxylic acids is 2. The quantitative estimate of drug-likeness (QED) is 0.329. The molecule has 0 spiro atoms. The fourth-order valence-electron chi connectivity index (χ4n) is 2.74. The number of piperidine rings is 1. The zero-order chi connectivity index (χ0) is 20.0. The van der Waals surface area contributed by atoms with Crippen molar-refractivity contribution in [1.82, 2.24) is 4.90 Å². The first kappa shape index (κ1) is 20.6. The van der Waals surface area contributed by atoms with Crippen LogP contribution >= 0.6 is 0 Å². The van der Waals surface area contributed by atoms with Crippen molar-refractivity contribution < 1.29 is 19.1 Å². The van der Waals surface area contributed by atoms with Gasteiger partial charge in [0.1, 0.15) is 17.0 Å². The van der Waals surface area contributed by atoms with Gasteiger partial charge in [-0.25, -0.2) is 4.79 Å². The van der Waals surface area contributed by atoms with Crippen LogP contribution < -0.4 is 4.74 Å². The summed E-state index contributed by atoms with van der Waals surface area (Å²) in [7, 11) is 0. The number of benzene rings is 1. The molecule has 1 heterocycles. The summed E-state index contributed by atoms with van der Waals surface area (Å²) in [6.07, 6.45) is 5.23. The number of ether oxygens (including phenoxy) is 2. The van der Waals surface area contributed by atoms with Crippen LogP contribution in [0, 0.1) is 11.8 Å². The number of nitroso groups, excluding NO2 is 1. The molecule has 1 aromatic rings. The average Bonchev–Trinajstić information content (AvgIpc) is 2.60. The molecule has 7 heteroatoms. The second-order valence-corrected chi connectivity index (χ2v) is 7.55. The van der Waals surface area contributed by atoms with Crippen molar-refractivity contribution in [3.8, 4) is 5.75 Å². The summed E-state index contributed by atoms with van der Waals surface area (Å²) >= 11 is 0. The summed E-state index contributed by atoms with van der Waals surface area (Å²) in [5.41, 5.74) is 0.488. The molecule has 146 valence electrons. The van der Waals surface area contributed by atoms with Gasteiger partial charge in [0, 0.05) is 24.7 Å². The number of nitrogens with zero attached hydrogens (tertiary/aromatic N) is 2. The Bertz CT molecular complexity index is 743. The second kappa shape index (κ2) is 8.79. The van der Waals surface area contributed by atoms with Gasteiger partial charge in [0.2, 0.25) is 5.91 Å². The van der Waals surface area contributed by atoms with Gasteiger partial charge >= 0.3 is 6.16 Å². The van der Waals surface area contributed by atoms with Crippen LogP contribution in [0.5, 0.6) is 5.75 Å². The van der Waals surface area contributed by atoms with E-state index in [4.69, 9.17) is 9.47 Å². The van der Waals surface area contributed by atoms with Crippen molar-refractivity contribution >= 4 is 23.8 Å². The number of aryl methyl sites for hydroxylation is 1. The van der Waals surface area contributed by atoms with E-state index in [1.54, 1.807) is 32.6 Å². The van der Waals surface area contributed by atoms with E-state index in [0.717, 1.165) is 32.4 Å². The van der Waals surface area contributed by atoms with Crippen LogP contribution in [-0.2, 0) is 9.53 Å². The molecule has 1 amide bonds. The van der Waals surface area contributed by atoms with E-state index in [1.807, 2.05) is 0 Å². The second-order valence-electron chi connectivity index (χ2n) is 7.55. The van der Waals surface area contributed by atoms with Crippen molar-refractivity contribution in [1.29, 1.82) is 0 Å². The predicted molar refractivity (Wildman–Crippen MR) is 103 cm³/mol. The molecule has 27 heavy (non-hydrogen) atoms. The van der Waals surface area contributed by atoms with Crippen LogP contribution in [0.15, 0.2) is 23.4 Å². The van der Waals surface area contributed by atoms with E-state index in [1.165, 1.54) is 24.3 Å². The minimum absolute atomic E-state index is 0.112. The van der Waals surface area contributed by atoms with Crippen LogP contribution in [0.3, 0.4) is 0 Å². The van der Waals surface area contributed by atoms with Gasteiger partial charge < -0.3 is 14.4 Å². The zero-order valence-electron chi connectivity index (χ0n) is 16.3. The van der Waals surface area contributed by atoms with E-state index in [2.05, 4.69) is 5.18 Å². The van der Waals surface area contributed by atoms with Crippen LogP contribution in [-0.4, -0.2) is 35.7 Å². The molecule has 1 aliphatic rings. The van der Waals surface area contributed by atoms with Gasteiger partial charge in [-0.2, -0.15) is 0 Å². The Morgan fingerprint density at radius 2 is 1.81 bits per heavy atom. The third-order valence-electron chi connectivity index (χ3n) is 4.08. The third-order valence-corrected chi connectivity index (χ3v) is 4.08. The molecular weight excluding hydrogens is 348 g/mol. The molecule has 0 aromatic heterocycles. The maximum atomic E-state index is 12.3. The summed E-state index contributed by atoms with van der Waals surface area (Å²) in [5.74, 6) is 0.0935. The maximum Gasteiger partial charge on any atom is 0.514 e. The molecule has 1 fully saturated rings. The molecule has 0 bridgehead atoms. The largest absolute Gasteiger partial charge is 0.514 e. The molecule has 0 aliphatic carbocycles. The fraction of sp³-hybridized carbons (Fsp3) is 0.500. The smallest absolute Gasteiger partial charge is 0.428 e. The van der Waals surface area contributed by atoms with E-state index in [0.29, 0.717) is 11.1 Å². The topological polar surface area (TPSA) is 85.3 Å². The summed E-state index contributed by atoms with van der Waals surface area (Å²) in [5, 5.41) is 2.98. The van der Waals surface area contributed by atoms with Gasteiger partial charge in [0.15, 0.2) is 0 Å². The number of hydrogen-bond donors (Lipinski definition) is 0. The lowest BCUT2D eigenvalue weighted by Gasteiger charge is -2.25. The van der Waals surface area contributed by atoms with Crippen molar-refractivity contribution in [3.63, 3.8) is 0 Å². The lowest BCUT2D eigenvalue weighted by Crippen LogP contribution is -2.34. The number of carbonyl (C=O) groups is 2. The van der Waals surface area contributed by atoms with Gasteiger partial charge in [-0.15, -0.1) is 4.91 Å². The highest BCUT2D eigenvalue weighted by molar-refractivity contribution is 5.92. The Morgan fingerprint density at radius 1 is 1.15 bits per heavy atom. The Hall–Kier alpha value is -2.70. The molecule has 0 N–H and O–H groups in total. The Balaban J connectivity index is 2.24. The first-order chi connectivity index (χ1) is 12.7. The lowest BCUT2D eigenvalue weighted by molar-refractivity contribution is -0.126. The van der Waals surface area contributed by atoms with Crippen LogP contribution in [0.4, 0.5) is 10.5 Å². The maximum absolute atomic E-state index is 12.3. The Kier molecular flexibility index (Phi) is 6.71. The van der Waals surface area contributed by atoms with E-state index >= 15 is 0 Å². The molecule has 2 rings (SSSR count). The summed E-state index contributed by atoms with van der Waals surface area (Å²) in [6, 6.07) is 3.02. The summed E-state index contributed by atoms with van der Waals surface area (Å²) < 4.78 is 10.5. The number of rotatable bonds is 4. The fourth-order valence-corrected chi connectivity index (χ4v) is 2.74. The van der Waals surface area contributed by atoms with Crippen molar-refractivity contribution in [3.05, 3.63) is 34.2 Å². The highest BCUT2D eigenvalue weighted by Gasteiger charge is 2.20. The van der Waals surface area contributed by atoms with E-state index in [-0.39, 0.29) is 17.3 Å². The van der Waals surface area contributed by atoms with Crippen molar-refractivity contribution in [2.75, 3.05) is 13.1 Å². The molecule has 0 unspecified atom stereocenters. The monoisotopic (exact) mass is 374 g/mol. The highest BCUT2D eigenvalue weighted by atomic mass is 16.7. The van der Waals surface area contributed by atoms with Crippen LogP contribution in [0.25, 0.3) is 6.08 Å². The molecule has 0 radical (unpaired) electrons. The number of hydrogen-bond acceptors (Lipinski definition) is 6. The Labute approximate surface area is 159 Å². The lowest BCUT2D eigenvalue weighted by atomic mass is 10.1. The Morgan fingerprint density at radius 3 is 2.41 bits per heavy atom. The highest BCUT2D eigenvalue weighted by Crippen LogP contribution is 2.30. The van der Waals surface area contributed by atoms with Crippen LogP contribution in [0.1, 0.15) is 51.2 Å².